The van der Waals surface area contributed by atoms with Crippen LogP contribution in [0, 0.1) is 12.8 Å². The van der Waals surface area contributed by atoms with Gasteiger partial charge in [-0.25, -0.2) is 14.8 Å². The van der Waals surface area contributed by atoms with Crippen LogP contribution in [-0.4, -0.2) is 147 Å². The van der Waals surface area contributed by atoms with Gasteiger partial charge in [-0.05, 0) is 104 Å². The van der Waals surface area contributed by atoms with Crippen LogP contribution in [0.15, 0.2) is 41.0 Å². The number of aromatic amines is 2. The van der Waals surface area contributed by atoms with Crippen molar-refractivity contribution in [2.24, 2.45) is 5.92 Å². The van der Waals surface area contributed by atoms with Crippen molar-refractivity contribution >= 4 is 63.0 Å². The quantitative estimate of drug-likeness (QED) is 0.0888. The normalized spacial score (nSPS) is 24.9. The van der Waals surface area contributed by atoms with Crippen molar-refractivity contribution in [1.82, 2.24) is 24.8 Å². The molecule has 5 aliphatic heterocycles. The summed E-state index contributed by atoms with van der Waals surface area (Å²) in [5, 5.41) is 41.4. The fourth-order valence-corrected chi connectivity index (χ4v) is 10.7. The number of hydrogen-bond donors (Lipinski definition) is 6. The molecule has 0 saturated carbocycles. The average molecular weight is 980 g/mol. The highest BCUT2D eigenvalue weighted by Gasteiger charge is 2.46. The van der Waals surface area contributed by atoms with E-state index in [2.05, 4.69) is 23.8 Å². The Morgan fingerprint density at radius 1 is 0.831 bits per heavy atom. The van der Waals surface area contributed by atoms with E-state index < -0.39 is 85.5 Å². The van der Waals surface area contributed by atoms with E-state index in [9.17, 15) is 34.8 Å². The smallest absolute Gasteiger partial charge is 0.334 e. The second-order valence-electron chi connectivity index (χ2n) is 18.6. The highest BCUT2D eigenvalue weighted by molar-refractivity contribution is 6.23. The Morgan fingerprint density at radius 2 is 1.48 bits per heavy atom. The number of allylic oxidation sites excluding steroid dienone is 4. The van der Waals surface area contributed by atoms with Crippen LogP contribution in [0.25, 0.3) is 33.3 Å². The maximum Gasteiger partial charge on any atom is 0.334 e. The minimum absolute atomic E-state index is 0.0328. The standard InChI is InChI=1S/C52H61N5O14/c1-10-28-22(3)32-16-34-24(5)30(12-13-39(59)67-7)43(55-34)42-44-40(25(6)35(56-44)18-37-29(11-2)23(4)33(54-37)17-36(28)53-32)48(63)57(49(42)64)19-26-14-27(41(51(66)69-9)31(15-26)50(65)68-8)21-70-52-47(62)46(61)45(60)38(20-58)71-52/h14,16-18,24,30-31,38,45-47,52,55-56,58,60-62H,10-13,15,19-21H2,1-9H3/t24-,30-,31?,38+,45-,46-,47+,52+/m0/s1. The molecule has 19 heteroatoms. The number of aliphatic hydroxyl groups excluding tert-OH is 4. The lowest BCUT2D eigenvalue weighted by Gasteiger charge is -2.39. The number of H-pyrrole nitrogens is 2. The molecule has 8 bridgehead atoms. The van der Waals surface area contributed by atoms with Crippen molar-refractivity contribution in [2.75, 3.05) is 41.1 Å². The maximum absolute atomic E-state index is 15.6. The Kier molecular flexibility index (Phi) is 14.7. The zero-order valence-corrected chi connectivity index (χ0v) is 41.3. The number of esters is 3. The number of amides is 2. The molecule has 8 rings (SSSR count). The van der Waals surface area contributed by atoms with E-state index in [1.54, 1.807) is 6.92 Å². The number of fused-ring (bicyclic) bond motifs is 8. The second kappa shape index (κ2) is 20.4. The van der Waals surface area contributed by atoms with E-state index in [0.29, 0.717) is 34.5 Å². The molecule has 7 heterocycles. The Bertz CT molecular complexity index is 2920. The molecule has 8 atom stereocenters. The molecular weight excluding hydrogens is 919 g/mol. The lowest BCUT2D eigenvalue weighted by Crippen LogP contribution is -2.59. The van der Waals surface area contributed by atoms with Crippen LogP contribution in [-0.2, 0) is 38.1 Å². The Hall–Kier alpha value is -6.35. The van der Waals surface area contributed by atoms with Crippen LogP contribution < -0.4 is 0 Å². The summed E-state index contributed by atoms with van der Waals surface area (Å²) in [5.41, 5.74) is 10.3. The first kappa shape index (κ1) is 51.0. The van der Waals surface area contributed by atoms with Crippen LogP contribution in [0.5, 0.6) is 0 Å². The minimum Gasteiger partial charge on any atom is -0.469 e. The molecule has 0 radical (unpaired) electrons. The maximum atomic E-state index is 15.6. The van der Waals surface area contributed by atoms with Crippen molar-refractivity contribution in [3.8, 4) is 0 Å². The molecule has 0 aromatic carbocycles. The fraction of sp³-hybridized carbons (Fsp3) is 0.481. The third kappa shape index (κ3) is 9.03. The van der Waals surface area contributed by atoms with Gasteiger partial charge in [0, 0.05) is 35.2 Å². The summed E-state index contributed by atoms with van der Waals surface area (Å²) in [7, 11) is 3.58. The SMILES string of the molecule is CCC1=C(C)c2cc3[nH]c(c4c5[nH]c(cc6nc(cc1n2)C(C)=C6CC)c(C)c5C(=O)N(CC1=CC(CO[C@@H]2O[C@H](CO)[C@H](O)[C@H](O)[C@H]2O)=C(C(=O)OC)C(C(=O)OC)C1)C4=O)[C@@H](CCC(=O)OC)[C@@H]3C. The van der Waals surface area contributed by atoms with E-state index in [-0.39, 0.29) is 59.5 Å². The molecular formula is C52H61N5O14. The zero-order chi connectivity index (χ0) is 51.3. The van der Waals surface area contributed by atoms with Gasteiger partial charge in [-0.15, -0.1) is 0 Å². The molecule has 1 aliphatic carbocycles. The van der Waals surface area contributed by atoms with Gasteiger partial charge in [0.2, 0.25) is 0 Å². The average Bonchev–Trinajstić information content (AvgIpc) is 4.05. The van der Waals surface area contributed by atoms with E-state index in [1.165, 1.54) is 13.2 Å². The molecule has 6 aliphatic rings. The number of rotatable bonds is 13. The van der Waals surface area contributed by atoms with Gasteiger partial charge in [0.15, 0.2) is 6.29 Å². The first-order valence-corrected chi connectivity index (χ1v) is 23.8. The van der Waals surface area contributed by atoms with Gasteiger partial charge >= 0.3 is 17.9 Å². The van der Waals surface area contributed by atoms with Gasteiger partial charge in [-0.1, -0.05) is 26.8 Å². The largest absolute Gasteiger partial charge is 0.469 e. The van der Waals surface area contributed by atoms with E-state index >= 15 is 9.59 Å². The summed E-state index contributed by atoms with van der Waals surface area (Å²) in [6.07, 6.45) is -5.13. The van der Waals surface area contributed by atoms with Gasteiger partial charge in [0.25, 0.3) is 11.8 Å². The Labute approximate surface area is 409 Å². The number of aliphatic hydroxyl groups is 4. The van der Waals surface area contributed by atoms with Gasteiger partial charge in [-0.3, -0.25) is 24.1 Å². The van der Waals surface area contributed by atoms with Crippen LogP contribution in [0.2, 0.25) is 0 Å². The van der Waals surface area contributed by atoms with E-state index in [0.717, 1.165) is 70.6 Å². The predicted octanol–water partition coefficient (Wildman–Crippen LogP) is 4.87. The van der Waals surface area contributed by atoms with Gasteiger partial charge in [0.1, 0.15) is 24.4 Å². The number of carbonyl (C=O) groups excluding carboxylic acids is 5. The van der Waals surface area contributed by atoms with E-state index in [1.807, 2.05) is 39.0 Å². The first-order chi connectivity index (χ1) is 33.9. The number of ether oxygens (including phenoxy) is 5. The lowest BCUT2D eigenvalue weighted by atomic mass is 9.82. The fourth-order valence-electron chi connectivity index (χ4n) is 10.7. The summed E-state index contributed by atoms with van der Waals surface area (Å²) in [6.45, 7) is 10.3. The first-order valence-electron chi connectivity index (χ1n) is 23.8. The molecule has 1 saturated heterocycles. The summed E-state index contributed by atoms with van der Waals surface area (Å²) >= 11 is 0. The summed E-state index contributed by atoms with van der Waals surface area (Å²) in [4.78, 5) is 88.9. The number of nitrogens with zero attached hydrogens (tertiary/aromatic N) is 3. The van der Waals surface area contributed by atoms with Gasteiger partial charge in [-0.2, -0.15) is 0 Å². The number of hydrogen-bond acceptors (Lipinski definition) is 16. The van der Waals surface area contributed by atoms with Crippen LogP contribution >= 0.6 is 0 Å². The highest BCUT2D eigenvalue weighted by Crippen LogP contribution is 2.45. The number of nitrogens with one attached hydrogen (secondary N) is 2. The van der Waals surface area contributed by atoms with Crippen LogP contribution in [0.1, 0.15) is 139 Å². The molecule has 2 aromatic heterocycles. The van der Waals surface area contributed by atoms with Crippen LogP contribution in [0.4, 0.5) is 0 Å². The van der Waals surface area contributed by atoms with Crippen molar-refractivity contribution in [3.05, 3.63) is 91.8 Å². The van der Waals surface area contributed by atoms with E-state index in [4.69, 9.17) is 33.7 Å². The lowest BCUT2D eigenvalue weighted by molar-refractivity contribution is -0.298. The molecule has 378 valence electrons. The second-order valence-corrected chi connectivity index (χ2v) is 18.6. The summed E-state index contributed by atoms with van der Waals surface area (Å²) in [6, 6.07) is 5.89. The van der Waals surface area contributed by atoms with Crippen LogP contribution in [0.3, 0.4) is 0 Å². The zero-order valence-electron chi connectivity index (χ0n) is 41.3. The Balaban J connectivity index is 1.33. The third-order valence-corrected chi connectivity index (χ3v) is 14.7. The molecule has 1 fully saturated rings. The number of imide groups is 1. The minimum atomic E-state index is -1.79. The van der Waals surface area contributed by atoms with Crippen molar-refractivity contribution in [2.45, 2.75) is 116 Å². The highest BCUT2D eigenvalue weighted by atomic mass is 16.7. The number of aromatic nitrogens is 4. The van der Waals surface area contributed by atoms with Crippen molar-refractivity contribution < 1.29 is 68.1 Å². The summed E-state index contributed by atoms with van der Waals surface area (Å²) in [5.74, 6) is -5.54. The van der Waals surface area contributed by atoms with Gasteiger partial charge in [0.05, 0.1) is 92.0 Å². The predicted molar refractivity (Wildman–Crippen MR) is 257 cm³/mol. The number of carbonyl (C=O) groups is 5. The molecule has 1 unspecified atom stereocenters. The molecule has 2 aromatic rings. The monoisotopic (exact) mass is 979 g/mol. The van der Waals surface area contributed by atoms with Gasteiger partial charge < -0.3 is 54.1 Å². The topological polar surface area (TPSA) is 273 Å². The molecule has 19 nitrogen and oxygen atoms in total. The molecule has 2 amide bonds. The molecule has 6 N–H and O–H groups in total. The molecule has 0 spiro atoms. The number of aryl methyl sites for hydroxylation is 1. The van der Waals surface area contributed by atoms with Crippen molar-refractivity contribution in [1.29, 1.82) is 0 Å². The van der Waals surface area contributed by atoms with Crippen molar-refractivity contribution in [3.63, 3.8) is 0 Å². The Morgan fingerprint density at radius 3 is 2.10 bits per heavy atom. The number of methoxy groups -OCH3 is 3. The third-order valence-electron chi connectivity index (χ3n) is 14.7. The molecule has 71 heavy (non-hydrogen) atoms. The summed E-state index contributed by atoms with van der Waals surface area (Å²) < 4.78 is 26.7.